The molecule has 1 amide bonds. The van der Waals surface area contributed by atoms with Crippen LogP contribution in [0.3, 0.4) is 0 Å². The summed E-state index contributed by atoms with van der Waals surface area (Å²) in [6.45, 7) is 2.56. The third kappa shape index (κ3) is 3.84. The van der Waals surface area contributed by atoms with Gasteiger partial charge in [0.05, 0.1) is 37.4 Å². The molecule has 26 heavy (non-hydrogen) atoms. The van der Waals surface area contributed by atoms with E-state index in [2.05, 4.69) is 15.3 Å². The molecule has 1 aromatic carbocycles. The minimum atomic E-state index is -4.63. The molecule has 0 fully saturated rings. The number of fused-ring (bicyclic) bond motifs is 1. The average Bonchev–Trinajstić information content (AvgIpc) is 3.07. The molecule has 0 atom stereocenters. The van der Waals surface area contributed by atoms with Gasteiger partial charge >= 0.3 is 12.3 Å². The van der Waals surface area contributed by atoms with Crippen molar-refractivity contribution in [3.63, 3.8) is 0 Å². The number of amides is 1. The quantitative estimate of drug-likeness (QED) is 0.862. The van der Waals surface area contributed by atoms with E-state index in [1.807, 2.05) is 0 Å². The molecule has 1 aliphatic rings. The maximum atomic E-state index is 13.5. The van der Waals surface area contributed by atoms with Crippen molar-refractivity contribution in [2.45, 2.75) is 19.6 Å². The summed E-state index contributed by atoms with van der Waals surface area (Å²) in [5.74, 6) is -0.252. The number of rotatable bonds is 4. The monoisotopic (exact) mass is 370 g/mol. The number of nitrogens with zero attached hydrogens (tertiary/aromatic N) is 2. The molecule has 2 heterocycles. The van der Waals surface area contributed by atoms with Gasteiger partial charge < -0.3 is 19.4 Å². The first-order valence-electron chi connectivity index (χ1n) is 7.92. The first-order valence-corrected chi connectivity index (χ1v) is 7.92. The molecule has 1 aromatic heterocycles. The van der Waals surface area contributed by atoms with E-state index in [0.717, 1.165) is 11.8 Å². The molecule has 0 saturated heterocycles. The predicted molar refractivity (Wildman–Crippen MR) is 87.2 cm³/mol. The normalized spacial score (nSPS) is 13.8. The number of nitrogens with one attached hydrogen (secondary N) is 2. The molecule has 1 aliphatic heterocycles. The SMILES string of the molecule is CCOC(=O)Nc1cc2c(c(C(F)(F)F)c1)OCCN2Cc1cnc[nH]1. The highest BCUT2D eigenvalue weighted by Crippen LogP contribution is 2.45. The summed E-state index contributed by atoms with van der Waals surface area (Å²) in [7, 11) is 0. The Kier molecular flexibility index (Phi) is 4.92. The number of carbonyl (C=O) groups excluding carboxylic acids is 1. The second-order valence-electron chi connectivity index (χ2n) is 5.56. The Morgan fingerprint density at radius 3 is 2.92 bits per heavy atom. The number of ether oxygens (including phenoxy) is 2. The number of hydrogen-bond donors (Lipinski definition) is 2. The van der Waals surface area contributed by atoms with Gasteiger partial charge in [-0.3, -0.25) is 5.32 Å². The molecule has 0 unspecified atom stereocenters. The Morgan fingerprint density at radius 1 is 1.46 bits per heavy atom. The van der Waals surface area contributed by atoms with Gasteiger partial charge in [-0.1, -0.05) is 0 Å². The molecule has 0 radical (unpaired) electrons. The van der Waals surface area contributed by atoms with Crippen LogP contribution < -0.4 is 15.0 Å². The predicted octanol–water partition coefficient (Wildman–Crippen LogP) is 3.40. The number of alkyl halides is 3. The molecule has 2 N–H and O–H groups in total. The van der Waals surface area contributed by atoms with Crippen LogP contribution in [-0.2, 0) is 17.5 Å². The number of aromatic nitrogens is 2. The fourth-order valence-corrected chi connectivity index (χ4v) is 2.69. The van der Waals surface area contributed by atoms with Crippen molar-refractivity contribution >= 4 is 17.5 Å². The number of halogens is 3. The molecule has 140 valence electrons. The van der Waals surface area contributed by atoms with Crippen LogP contribution in [-0.4, -0.2) is 35.8 Å². The minimum Gasteiger partial charge on any atom is -0.489 e. The zero-order chi connectivity index (χ0) is 18.7. The smallest absolute Gasteiger partial charge is 0.420 e. The van der Waals surface area contributed by atoms with Gasteiger partial charge in [0.1, 0.15) is 12.2 Å². The van der Waals surface area contributed by atoms with Crippen LogP contribution in [0.15, 0.2) is 24.7 Å². The molecule has 10 heteroatoms. The highest BCUT2D eigenvalue weighted by molar-refractivity contribution is 5.87. The van der Waals surface area contributed by atoms with Crippen LogP contribution in [0.2, 0.25) is 0 Å². The van der Waals surface area contributed by atoms with Crippen molar-refractivity contribution in [2.24, 2.45) is 0 Å². The first kappa shape index (κ1) is 17.9. The molecular formula is C16H17F3N4O3. The van der Waals surface area contributed by atoms with Crippen LogP contribution >= 0.6 is 0 Å². The minimum absolute atomic E-state index is 0.0189. The molecular weight excluding hydrogens is 353 g/mol. The van der Waals surface area contributed by atoms with E-state index in [4.69, 9.17) is 9.47 Å². The number of hydrogen-bond acceptors (Lipinski definition) is 5. The number of anilines is 2. The Morgan fingerprint density at radius 2 is 2.27 bits per heavy atom. The van der Waals surface area contributed by atoms with Gasteiger partial charge in [-0.2, -0.15) is 13.2 Å². The van der Waals surface area contributed by atoms with Crippen molar-refractivity contribution in [2.75, 3.05) is 30.0 Å². The lowest BCUT2D eigenvalue weighted by atomic mass is 10.1. The molecule has 2 aromatic rings. The molecule has 7 nitrogen and oxygen atoms in total. The second-order valence-corrected chi connectivity index (χ2v) is 5.56. The summed E-state index contributed by atoms with van der Waals surface area (Å²) in [6.07, 6.45) is -2.36. The Labute approximate surface area is 147 Å². The standard InChI is InChI=1S/C16H17F3N4O3/c1-2-25-15(24)22-10-5-12(16(17,18)19)14-13(6-10)23(3-4-26-14)8-11-7-20-9-21-11/h5-7,9H,2-4,8H2,1H3,(H,20,21)(H,22,24). The molecule has 0 bridgehead atoms. The van der Waals surface area contributed by atoms with E-state index in [1.165, 1.54) is 12.4 Å². The van der Waals surface area contributed by atoms with Crippen molar-refractivity contribution in [3.05, 3.63) is 35.9 Å². The Balaban J connectivity index is 2.00. The number of H-pyrrole nitrogens is 1. The number of carbonyl (C=O) groups is 1. The topological polar surface area (TPSA) is 79.5 Å². The van der Waals surface area contributed by atoms with Crippen molar-refractivity contribution in [1.29, 1.82) is 0 Å². The lowest BCUT2D eigenvalue weighted by Gasteiger charge is -2.33. The lowest BCUT2D eigenvalue weighted by molar-refractivity contribution is -0.138. The molecule has 0 spiro atoms. The molecule has 0 saturated carbocycles. The highest BCUT2D eigenvalue weighted by atomic mass is 19.4. The zero-order valence-corrected chi connectivity index (χ0v) is 13.9. The van der Waals surface area contributed by atoms with Gasteiger partial charge in [-0.15, -0.1) is 0 Å². The third-order valence-electron chi connectivity index (χ3n) is 3.76. The van der Waals surface area contributed by atoms with Gasteiger partial charge in [0.2, 0.25) is 0 Å². The summed E-state index contributed by atoms with van der Waals surface area (Å²) < 4.78 is 50.5. The van der Waals surface area contributed by atoms with E-state index in [-0.39, 0.29) is 30.3 Å². The molecule has 3 rings (SSSR count). The van der Waals surface area contributed by atoms with Crippen LogP contribution in [0.25, 0.3) is 0 Å². The fourth-order valence-electron chi connectivity index (χ4n) is 2.69. The van der Waals surface area contributed by atoms with Crippen molar-refractivity contribution in [3.8, 4) is 5.75 Å². The first-order chi connectivity index (χ1) is 12.4. The van der Waals surface area contributed by atoms with E-state index in [1.54, 1.807) is 18.0 Å². The van der Waals surface area contributed by atoms with Gasteiger partial charge in [0, 0.05) is 11.9 Å². The second kappa shape index (κ2) is 7.14. The highest BCUT2D eigenvalue weighted by Gasteiger charge is 2.38. The average molecular weight is 370 g/mol. The van der Waals surface area contributed by atoms with Gasteiger partial charge in [-0.25, -0.2) is 9.78 Å². The van der Waals surface area contributed by atoms with Crippen molar-refractivity contribution < 1.29 is 27.4 Å². The van der Waals surface area contributed by atoms with E-state index >= 15 is 0 Å². The number of imidazole rings is 1. The van der Waals surface area contributed by atoms with E-state index in [0.29, 0.717) is 13.1 Å². The van der Waals surface area contributed by atoms with Crippen LogP contribution in [0.1, 0.15) is 18.2 Å². The summed E-state index contributed by atoms with van der Waals surface area (Å²) in [5, 5.41) is 2.32. The molecule has 0 aliphatic carbocycles. The van der Waals surface area contributed by atoms with Crippen LogP contribution in [0, 0.1) is 0 Å². The maximum Gasteiger partial charge on any atom is 0.420 e. The van der Waals surface area contributed by atoms with Crippen molar-refractivity contribution in [1.82, 2.24) is 9.97 Å². The summed E-state index contributed by atoms with van der Waals surface area (Å²) in [6, 6.07) is 2.28. The van der Waals surface area contributed by atoms with Gasteiger partial charge in [0.15, 0.2) is 5.75 Å². The fraction of sp³-hybridized carbons (Fsp3) is 0.375. The maximum absolute atomic E-state index is 13.5. The third-order valence-corrected chi connectivity index (χ3v) is 3.76. The van der Waals surface area contributed by atoms with Crippen LogP contribution in [0.4, 0.5) is 29.3 Å². The van der Waals surface area contributed by atoms with Gasteiger partial charge in [-0.05, 0) is 19.1 Å². The number of aromatic amines is 1. The summed E-state index contributed by atoms with van der Waals surface area (Å²) in [5.41, 5.74) is 0.0216. The lowest BCUT2D eigenvalue weighted by Crippen LogP contribution is -2.33. The zero-order valence-electron chi connectivity index (χ0n) is 13.9. The number of benzene rings is 1. The van der Waals surface area contributed by atoms with E-state index in [9.17, 15) is 18.0 Å². The van der Waals surface area contributed by atoms with Crippen LogP contribution in [0.5, 0.6) is 5.75 Å². The largest absolute Gasteiger partial charge is 0.489 e. The Hall–Kier alpha value is -2.91. The van der Waals surface area contributed by atoms with E-state index < -0.39 is 17.8 Å². The summed E-state index contributed by atoms with van der Waals surface area (Å²) >= 11 is 0. The van der Waals surface area contributed by atoms with Gasteiger partial charge in [0.25, 0.3) is 0 Å². The Bertz CT molecular complexity index is 778. The summed E-state index contributed by atoms with van der Waals surface area (Å²) in [4.78, 5) is 20.2.